The average molecular weight is 238 g/mol. The first-order chi connectivity index (χ1) is 7.90. The molecule has 0 amide bonds. The van der Waals surface area contributed by atoms with Crippen molar-refractivity contribution in [2.75, 3.05) is 5.32 Å². The predicted octanol–water partition coefficient (Wildman–Crippen LogP) is 1.66. The first-order valence-electron chi connectivity index (χ1n) is 5.55. The number of aromatic nitrogens is 1. The lowest BCUT2D eigenvalue weighted by atomic mass is 10.1. The molecule has 3 N–H and O–H groups in total. The molecule has 0 fully saturated rings. The maximum Gasteiger partial charge on any atom is 0.337 e. The zero-order valence-corrected chi connectivity index (χ0v) is 10.3. The van der Waals surface area contributed by atoms with Gasteiger partial charge in [-0.2, -0.15) is 0 Å². The number of carboxylic acid groups (broad SMARTS) is 1. The minimum absolute atomic E-state index is 0.0811. The Morgan fingerprint density at radius 3 is 2.59 bits per heavy atom. The normalized spacial score (nSPS) is 14.1. The van der Waals surface area contributed by atoms with Gasteiger partial charge in [-0.05, 0) is 39.3 Å². The van der Waals surface area contributed by atoms with E-state index in [2.05, 4.69) is 10.3 Å². The Morgan fingerprint density at radius 2 is 2.12 bits per heavy atom. The molecular weight excluding hydrogens is 220 g/mol. The van der Waals surface area contributed by atoms with Crippen LogP contribution in [0.2, 0.25) is 0 Å². The van der Waals surface area contributed by atoms with Crippen LogP contribution in [0.3, 0.4) is 0 Å². The summed E-state index contributed by atoms with van der Waals surface area (Å²) in [5, 5.41) is 21.2. The fourth-order valence-electron chi connectivity index (χ4n) is 1.69. The van der Waals surface area contributed by atoms with Gasteiger partial charge in [-0.25, -0.2) is 9.78 Å². The van der Waals surface area contributed by atoms with Gasteiger partial charge in [0.05, 0.1) is 17.4 Å². The van der Waals surface area contributed by atoms with Crippen molar-refractivity contribution in [3.8, 4) is 0 Å². The van der Waals surface area contributed by atoms with Gasteiger partial charge in [0, 0.05) is 6.04 Å². The molecule has 0 spiro atoms. The van der Waals surface area contributed by atoms with Crippen LogP contribution in [0, 0.1) is 6.92 Å². The number of nitrogens with one attached hydrogen (secondary N) is 1. The molecule has 2 atom stereocenters. The summed E-state index contributed by atoms with van der Waals surface area (Å²) in [5.41, 5.74) is 0.686. The molecule has 0 aromatic carbocycles. The molecular formula is C12H18N2O3. The third-order valence-corrected chi connectivity index (χ3v) is 2.41. The van der Waals surface area contributed by atoms with Crippen molar-refractivity contribution in [3.05, 3.63) is 23.4 Å². The number of aryl methyl sites for hydroxylation is 1. The van der Waals surface area contributed by atoms with Crippen molar-refractivity contribution >= 4 is 11.8 Å². The van der Waals surface area contributed by atoms with E-state index in [0.717, 1.165) is 0 Å². The minimum Gasteiger partial charge on any atom is -0.478 e. The molecule has 17 heavy (non-hydrogen) atoms. The molecule has 5 heteroatoms. The van der Waals surface area contributed by atoms with E-state index < -0.39 is 5.97 Å². The molecule has 2 unspecified atom stereocenters. The van der Waals surface area contributed by atoms with E-state index in [-0.39, 0.29) is 17.7 Å². The molecule has 1 heterocycles. The number of anilines is 1. The number of nitrogens with zero attached hydrogens (tertiary/aromatic N) is 1. The van der Waals surface area contributed by atoms with Crippen LogP contribution in [-0.2, 0) is 0 Å². The van der Waals surface area contributed by atoms with Crippen LogP contribution >= 0.6 is 0 Å². The van der Waals surface area contributed by atoms with Gasteiger partial charge in [0.25, 0.3) is 0 Å². The highest BCUT2D eigenvalue weighted by molar-refractivity contribution is 5.89. The quantitative estimate of drug-likeness (QED) is 0.726. The van der Waals surface area contributed by atoms with E-state index in [9.17, 15) is 9.90 Å². The lowest BCUT2D eigenvalue weighted by molar-refractivity contribution is 0.0695. The fraction of sp³-hybridized carbons (Fsp3) is 0.500. The third kappa shape index (κ3) is 4.03. The Morgan fingerprint density at radius 1 is 1.47 bits per heavy atom. The lowest BCUT2D eigenvalue weighted by Crippen LogP contribution is -2.21. The summed E-state index contributed by atoms with van der Waals surface area (Å²) < 4.78 is 0. The van der Waals surface area contributed by atoms with Gasteiger partial charge in [-0.15, -0.1) is 0 Å². The Bertz CT molecular complexity index is 405. The molecule has 0 aliphatic carbocycles. The fourth-order valence-corrected chi connectivity index (χ4v) is 1.69. The van der Waals surface area contributed by atoms with Crippen LogP contribution in [0.25, 0.3) is 0 Å². The summed E-state index contributed by atoms with van der Waals surface area (Å²) in [7, 11) is 0. The summed E-state index contributed by atoms with van der Waals surface area (Å²) in [4.78, 5) is 15.0. The topological polar surface area (TPSA) is 82.5 Å². The zero-order valence-electron chi connectivity index (χ0n) is 10.3. The second-order valence-corrected chi connectivity index (χ2v) is 4.26. The molecule has 1 rings (SSSR count). The van der Waals surface area contributed by atoms with E-state index in [1.807, 2.05) is 6.92 Å². The standard InChI is InChI=1S/C12H18N2O3/c1-7(6-8(2)15)13-11-5-4-10(12(16)17)9(3)14-11/h4-5,7-8,15H,6H2,1-3H3,(H,13,14)(H,16,17). The monoisotopic (exact) mass is 238 g/mol. The van der Waals surface area contributed by atoms with Crippen LogP contribution < -0.4 is 5.32 Å². The number of hydrogen-bond acceptors (Lipinski definition) is 4. The van der Waals surface area contributed by atoms with Crippen molar-refractivity contribution in [1.29, 1.82) is 0 Å². The predicted molar refractivity (Wildman–Crippen MR) is 65.3 cm³/mol. The molecule has 1 aromatic heterocycles. The maximum absolute atomic E-state index is 10.8. The SMILES string of the molecule is Cc1nc(NC(C)CC(C)O)ccc1C(=O)O. The highest BCUT2D eigenvalue weighted by Gasteiger charge is 2.10. The van der Waals surface area contributed by atoms with E-state index >= 15 is 0 Å². The van der Waals surface area contributed by atoms with Gasteiger partial charge in [0.1, 0.15) is 5.82 Å². The summed E-state index contributed by atoms with van der Waals surface area (Å²) in [6.07, 6.45) is 0.235. The van der Waals surface area contributed by atoms with Crippen LogP contribution in [0.15, 0.2) is 12.1 Å². The molecule has 5 nitrogen and oxygen atoms in total. The second-order valence-electron chi connectivity index (χ2n) is 4.26. The highest BCUT2D eigenvalue weighted by Crippen LogP contribution is 2.12. The van der Waals surface area contributed by atoms with Crippen LogP contribution in [0.4, 0.5) is 5.82 Å². The zero-order chi connectivity index (χ0) is 13.0. The first kappa shape index (κ1) is 13.4. The minimum atomic E-state index is -0.974. The van der Waals surface area contributed by atoms with E-state index in [1.54, 1.807) is 19.9 Å². The summed E-state index contributed by atoms with van der Waals surface area (Å²) >= 11 is 0. The number of carbonyl (C=O) groups is 1. The smallest absolute Gasteiger partial charge is 0.337 e. The number of aliphatic hydroxyl groups is 1. The Kier molecular flexibility index (Phi) is 4.45. The molecule has 0 radical (unpaired) electrons. The number of aromatic carboxylic acids is 1. The van der Waals surface area contributed by atoms with E-state index in [0.29, 0.717) is 17.9 Å². The van der Waals surface area contributed by atoms with Crippen molar-refractivity contribution < 1.29 is 15.0 Å². The summed E-state index contributed by atoms with van der Waals surface area (Å²) in [6, 6.07) is 3.24. The Hall–Kier alpha value is -1.62. The number of pyridine rings is 1. The van der Waals surface area contributed by atoms with Crippen molar-refractivity contribution in [1.82, 2.24) is 4.98 Å². The van der Waals surface area contributed by atoms with Gasteiger partial charge in [-0.3, -0.25) is 0 Å². The van der Waals surface area contributed by atoms with Gasteiger partial charge in [0.15, 0.2) is 0 Å². The summed E-state index contributed by atoms with van der Waals surface area (Å²) in [6.45, 7) is 5.33. The number of rotatable bonds is 5. The van der Waals surface area contributed by atoms with Gasteiger partial charge < -0.3 is 15.5 Å². The van der Waals surface area contributed by atoms with Crippen molar-refractivity contribution in [3.63, 3.8) is 0 Å². The molecule has 94 valence electrons. The average Bonchev–Trinajstić information content (AvgIpc) is 2.15. The first-order valence-corrected chi connectivity index (χ1v) is 5.55. The third-order valence-electron chi connectivity index (χ3n) is 2.41. The van der Waals surface area contributed by atoms with Crippen LogP contribution in [-0.4, -0.2) is 33.3 Å². The summed E-state index contributed by atoms with van der Waals surface area (Å²) in [5.74, 6) is -0.348. The molecule has 0 aliphatic heterocycles. The van der Waals surface area contributed by atoms with Crippen molar-refractivity contribution in [2.24, 2.45) is 0 Å². The van der Waals surface area contributed by atoms with Crippen molar-refractivity contribution in [2.45, 2.75) is 39.3 Å². The van der Waals surface area contributed by atoms with E-state index in [4.69, 9.17) is 5.11 Å². The lowest BCUT2D eigenvalue weighted by Gasteiger charge is -2.16. The van der Waals surface area contributed by atoms with Gasteiger partial charge >= 0.3 is 5.97 Å². The van der Waals surface area contributed by atoms with Gasteiger partial charge in [-0.1, -0.05) is 0 Å². The second kappa shape index (κ2) is 5.63. The molecule has 0 saturated heterocycles. The molecule has 0 aliphatic rings. The van der Waals surface area contributed by atoms with Gasteiger partial charge in [0.2, 0.25) is 0 Å². The number of hydrogen-bond donors (Lipinski definition) is 3. The Labute approximate surface area is 101 Å². The number of aliphatic hydroxyl groups excluding tert-OH is 1. The highest BCUT2D eigenvalue weighted by atomic mass is 16.4. The molecule has 0 bridgehead atoms. The van der Waals surface area contributed by atoms with Crippen LogP contribution in [0.1, 0.15) is 36.3 Å². The molecule has 0 saturated carbocycles. The Balaban J connectivity index is 2.74. The van der Waals surface area contributed by atoms with E-state index in [1.165, 1.54) is 6.07 Å². The maximum atomic E-state index is 10.8. The van der Waals surface area contributed by atoms with Crippen LogP contribution in [0.5, 0.6) is 0 Å². The largest absolute Gasteiger partial charge is 0.478 e. The number of carboxylic acids is 1. The molecule has 1 aromatic rings.